The molecule has 0 aliphatic carbocycles. The first-order valence-corrected chi connectivity index (χ1v) is 2.72. The van der Waals surface area contributed by atoms with Gasteiger partial charge in [0, 0.05) is 0 Å². The summed E-state index contributed by atoms with van der Waals surface area (Å²) in [5.74, 6) is 1.25. The van der Waals surface area contributed by atoms with Gasteiger partial charge in [0.1, 0.15) is 0 Å². The van der Waals surface area contributed by atoms with E-state index in [-0.39, 0.29) is 12.4 Å². The molecule has 0 radical (unpaired) electrons. The molecular weight excluding hydrogens is 118 g/mol. The lowest BCUT2D eigenvalue weighted by Gasteiger charge is -1.60. The lowest BCUT2D eigenvalue weighted by Crippen LogP contribution is -3.00. The zero-order valence-electron chi connectivity index (χ0n) is 3.28. The summed E-state index contributed by atoms with van der Waals surface area (Å²) in [6, 6.07) is 0. The Morgan fingerprint density at radius 3 is 2.67 bits per heavy atom. The molecule has 0 amide bonds. The molecule has 0 aromatic carbocycles. The molecule has 1 rings (SSSR count). The minimum absolute atomic E-state index is 0. The van der Waals surface area contributed by atoms with Crippen LogP contribution < -0.4 is 17.4 Å². The second kappa shape index (κ2) is 3.50. The van der Waals surface area contributed by atoms with E-state index >= 15 is 0 Å². The summed E-state index contributed by atoms with van der Waals surface area (Å²) in [5.41, 5.74) is 2.03. The van der Waals surface area contributed by atoms with Crippen LogP contribution in [-0.4, -0.2) is 17.8 Å². The van der Waals surface area contributed by atoms with Gasteiger partial charge >= 0.3 is 0 Å². The summed E-state index contributed by atoms with van der Waals surface area (Å²) in [5, 5.41) is 0. The van der Waals surface area contributed by atoms with Gasteiger partial charge in [-0.15, -0.1) is 0 Å². The van der Waals surface area contributed by atoms with E-state index < -0.39 is 0 Å². The third kappa shape index (κ3) is 1.67. The molecule has 0 atom stereocenters. The van der Waals surface area contributed by atoms with Crippen LogP contribution in [-0.2, 0) is 0 Å². The van der Waals surface area contributed by atoms with Crippen LogP contribution in [0.5, 0.6) is 0 Å². The molecule has 0 aromatic heterocycles. The molecule has 3 heteroatoms. The topological polar surface area (TPSA) is 14.0 Å². The maximum Gasteiger partial charge on any atom is 0.196 e. The molecule has 0 unspecified atom stereocenters. The highest BCUT2D eigenvalue weighted by atomic mass is 35.5. The Hall–Kier alpha value is 0.310. The average molecular weight is 124 g/mol. The Labute approximate surface area is 47.6 Å². The SMILES string of the molecule is C1=[NH+]CCS1.[Cl-]. The number of halogens is 1. The molecule has 0 saturated carbocycles. The van der Waals surface area contributed by atoms with Crippen LogP contribution in [0.1, 0.15) is 0 Å². The van der Waals surface area contributed by atoms with Crippen LogP contribution in [0.3, 0.4) is 0 Å². The molecule has 1 heterocycles. The molecule has 0 bridgehead atoms. The molecule has 1 N–H and O–H groups in total. The van der Waals surface area contributed by atoms with E-state index in [1.54, 1.807) is 0 Å². The standard InChI is InChI=1S/C3H5NS.ClH/c1-2-5-3-4-1;/h3H,1-2H2;1H. The van der Waals surface area contributed by atoms with E-state index in [2.05, 4.69) is 4.99 Å². The second-order valence-corrected chi connectivity index (χ2v) is 1.92. The fraction of sp³-hybridized carbons (Fsp3) is 0.667. The van der Waals surface area contributed by atoms with Crippen molar-refractivity contribution in [3.8, 4) is 0 Å². The van der Waals surface area contributed by atoms with Crippen LogP contribution in [0.25, 0.3) is 0 Å². The van der Waals surface area contributed by atoms with Crippen molar-refractivity contribution in [3.05, 3.63) is 0 Å². The molecule has 1 nitrogen and oxygen atoms in total. The minimum atomic E-state index is 0. The van der Waals surface area contributed by atoms with Crippen LogP contribution in [0.15, 0.2) is 0 Å². The smallest absolute Gasteiger partial charge is 0.196 e. The highest BCUT2D eigenvalue weighted by Crippen LogP contribution is 1.88. The Kier molecular flexibility index (Phi) is 3.68. The van der Waals surface area contributed by atoms with Crippen molar-refractivity contribution in [1.82, 2.24) is 0 Å². The number of nitrogens with one attached hydrogen (secondary N) is 1. The molecule has 36 valence electrons. The van der Waals surface area contributed by atoms with Gasteiger partial charge in [-0.3, -0.25) is 0 Å². The highest BCUT2D eigenvalue weighted by molar-refractivity contribution is 8.12. The van der Waals surface area contributed by atoms with E-state index in [0.29, 0.717) is 0 Å². The summed E-state index contributed by atoms with van der Waals surface area (Å²) < 4.78 is 0. The van der Waals surface area contributed by atoms with Crippen molar-refractivity contribution < 1.29 is 17.4 Å². The summed E-state index contributed by atoms with van der Waals surface area (Å²) in [7, 11) is 0. The molecule has 0 aromatic rings. The van der Waals surface area contributed by atoms with Crippen LogP contribution in [0, 0.1) is 0 Å². The van der Waals surface area contributed by atoms with Gasteiger partial charge in [0.15, 0.2) is 12.1 Å². The Morgan fingerprint density at radius 1 is 1.67 bits per heavy atom. The predicted octanol–water partition coefficient (Wildman–Crippen LogP) is -4.15. The molecular formula is C3H6ClNS. The molecule has 1 aliphatic rings. The van der Waals surface area contributed by atoms with Gasteiger partial charge in [-0.05, 0) is 0 Å². The summed E-state index contributed by atoms with van der Waals surface area (Å²) in [6.07, 6.45) is 0. The number of hydrogen-bond donors (Lipinski definition) is 1. The number of rotatable bonds is 0. The normalized spacial score (nSPS) is 17.3. The maximum atomic E-state index is 3.06. The predicted molar refractivity (Wildman–Crippen MR) is 24.4 cm³/mol. The van der Waals surface area contributed by atoms with Gasteiger partial charge in [0.05, 0.1) is 5.75 Å². The fourth-order valence-corrected chi connectivity index (χ4v) is 0.884. The van der Waals surface area contributed by atoms with Crippen molar-refractivity contribution >= 4 is 17.3 Å². The van der Waals surface area contributed by atoms with E-state index in [9.17, 15) is 0 Å². The van der Waals surface area contributed by atoms with Gasteiger partial charge in [-0.2, -0.15) is 0 Å². The third-order valence-electron chi connectivity index (χ3n) is 0.531. The van der Waals surface area contributed by atoms with Gasteiger partial charge in [0.25, 0.3) is 0 Å². The van der Waals surface area contributed by atoms with Gasteiger partial charge in [-0.1, -0.05) is 11.8 Å². The van der Waals surface area contributed by atoms with Crippen molar-refractivity contribution in [3.63, 3.8) is 0 Å². The second-order valence-electron chi connectivity index (χ2n) is 0.943. The van der Waals surface area contributed by atoms with Crippen LogP contribution >= 0.6 is 11.8 Å². The number of hydrogen-bond acceptors (Lipinski definition) is 1. The lowest BCUT2D eigenvalue weighted by molar-refractivity contribution is -0.439. The first-order chi connectivity index (χ1) is 2.50. The molecule has 0 fully saturated rings. The Bertz CT molecular complexity index is 48.8. The zero-order chi connectivity index (χ0) is 3.54. The van der Waals surface area contributed by atoms with Gasteiger partial charge < -0.3 is 12.4 Å². The minimum Gasteiger partial charge on any atom is -1.00 e. The van der Waals surface area contributed by atoms with Gasteiger partial charge in [0.2, 0.25) is 0 Å². The zero-order valence-corrected chi connectivity index (χ0v) is 4.85. The van der Waals surface area contributed by atoms with E-state index in [1.807, 2.05) is 17.3 Å². The Balaban J connectivity index is 0.000000250. The molecule has 1 aliphatic heterocycles. The molecule has 6 heavy (non-hydrogen) atoms. The van der Waals surface area contributed by atoms with E-state index in [0.717, 1.165) is 6.54 Å². The lowest BCUT2D eigenvalue weighted by atomic mass is 10.8. The van der Waals surface area contributed by atoms with Crippen molar-refractivity contribution in [1.29, 1.82) is 0 Å². The fourth-order valence-electron chi connectivity index (χ4n) is 0.295. The van der Waals surface area contributed by atoms with Crippen molar-refractivity contribution in [2.24, 2.45) is 0 Å². The first-order valence-electron chi connectivity index (χ1n) is 1.67. The van der Waals surface area contributed by atoms with Crippen molar-refractivity contribution in [2.75, 3.05) is 12.3 Å². The Morgan fingerprint density at radius 2 is 2.50 bits per heavy atom. The summed E-state index contributed by atoms with van der Waals surface area (Å²) in [6.45, 7) is 1.16. The van der Waals surface area contributed by atoms with E-state index in [4.69, 9.17) is 0 Å². The van der Waals surface area contributed by atoms with Gasteiger partial charge in [-0.25, -0.2) is 4.99 Å². The molecule has 0 spiro atoms. The van der Waals surface area contributed by atoms with Crippen molar-refractivity contribution in [2.45, 2.75) is 0 Å². The average Bonchev–Trinajstić information content (AvgIpc) is 1.76. The summed E-state index contributed by atoms with van der Waals surface area (Å²) in [4.78, 5) is 3.06. The first kappa shape index (κ1) is 6.31. The molecule has 0 saturated heterocycles. The van der Waals surface area contributed by atoms with Crippen LogP contribution in [0.2, 0.25) is 0 Å². The largest absolute Gasteiger partial charge is 1.00 e. The summed E-state index contributed by atoms with van der Waals surface area (Å²) >= 11 is 1.84. The third-order valence-corrected chi connectivity index (χ3v) is 1.30. The van der Waals surface area contributed by atoms with E-state index in [1.165, 1.54) is 5.75 Å². The monoisotopic (exact) mass is 123 g/mol. The highest BCUT2D eigenvalue weighted by Gasteiger charge is 1.93. The van der Waals surface area contributed by atoms with Crippen LogP contribution in [0.4, 0.5) is 0 Å². The number of thioether (sulfide) groups is 1. The quantitative estimate of drug-likeness (QED) is 0.346. The maximum absolute atomic E-state index is 3.06.